The summed E-state index contributed by atoms with van der Waals surface area (Å²) in [4.78, 5) is 67.0. The molecule has 2 aromatic rings. The zero-order valence-corrected chi connectivity index (χ0v) is 23.4. The Hall–Kier alpha value is -3.38. The number of fused-ring (bicyclic) bond motifs is 1. The van der Waals surface area contributed by atoms with E-state index in [0.29, 0.717) is 11.3 Å². The standard InChI is InChI=1S/C26H25BrN2O8S/c1-14(30)37-24-19(28-21(31)17-7-5-6-8-18(17)22(28)32)23(33)29(24)20(26(2,3)38-27)25(34)36-13-15-9-11-16(35-4)12-10-15/h5-12,19-20,24H,13H2,1-4H3. The molecule has 3 amide bonds. The number of nitrogens with zero attached hydrogens (tertiary/aromatic N) is 2. The lowest BCUT2D eigenvalue weighted by Crippen LogP contribution is -2.77. The number of imide groups is 1. The molecular formula is C26H25BrN2O8S. The number of halogens is 1. The predicted octanol–water partition coefficient (Wildman–Crippen LogP) is 3.32. The lowest BCUT2D eigenvalue weighted by molar-refractivity contribution is -0.208. The molecule has 0 bridgehead atoms. The topological polar surface area (TPSA) is 120 Å². The van der Waals surface area contributed by atoms with E-state index in [4.69, 9.17) is 14.2 Å². The van der Waals surface area contributed by atoms with Crippen LogP contribution in [0, 0.1) is 0 Å². The van der Waals surface area contributed by atoms with Crippen molar-refractivity contribution in [3.05, 3.63) is 65.2 Å². The molecular weight excluding hydrogens is 580 g/mol. The summed E-state index contributed by atoms with van der Waals surface area (Å²) in [6.07, 6.45) is -1.38. The number of hydrogen-bond acceptors (Lipinski definition) is 9. The number of carbonyl (C=O) groups excluding carboxylic acids is 5. The summed E-state index contributed by atoms with van der Waals surface area (Å²) in [6, 6.07) is 10.5. The maximum absolute atomic E-state index is 13.6. The normalized spacial score (nSPS) is 19.6. The van der Waals surface area contributed by atoms with Crippen LogP contribution in [-0.4, -0.2) is 69.6 Å². The smallest absolute Gasteiger partial charge is 0.330 e. The Bertz CT molecular complexity index is 1260. The molecule has 1 fully saturated rings. The van der Waals surface area contributed by atoms with Gasteiger partial charge in [0.25, 0.3) is 17.7 Å². The van der Waals surface area contributed by atoms with Gasteiger partial charge in [-0.2, -0.15) is 0 Å². The van der Waals surface area contributed by atoms with E-state index in [1.54, 1.807) is 57.4 Å². The number of amides is 3. The molecule has 200 valence electrons. The van der Waals surface area contributed by atoms with Gasteiger partial charge in [0.05, 0.1) is 23.0 Å². The monoisotopic (exact) mass is 604 g/mol. The van der Waals surface area contributed by atoms with Gasteiger partial charge in [-0.05, 0) is 58.5 Å². The van der Waals surface area contributed by atoms with Gasteiger partial charge in [0.15, 0.2) is 6.04 Å². The molecule has 1 saturated heterocycles. The van der Waals surface area contributed by atoms with Gasteiger partial charge in [0, 0.05) is 6.92 Å². The highest BCUT2D eigenvalue weighted by atomic mass is 79.9. The van der Waals surface area contributed by atoms with E-state index in [-0.39, 0.29) is 17.7 Å². The van der Waals surface area contributed by atoms with Crippen molar-refractivity contribution >= 4 is 54.7 Å². The molecule has 2 heterocycles. The molecule has 3 atom stereocenters. The van der Waals surface area contributed by atoms with Gasteiger partial charge in [0.1, 0.15) is 18.4 Å². The fourth-order valence-corrected chi connectivity index (χ4v) is 5.29. The van der Waals surface area contributed by atoms with E-state index in [1.165, 1.54) is 12.1 Å². The highest BCUT2D eigenvalue weighted by Gasteiger charge is 2.63. The van der Waals surface area contributed by atoms with Crippen molar-refractivity contribution < 1.29 is 38.2 Å². The number of esters is 2. The Kier molecular flexibility index (Phi) is 7.84. The van der Waals surface area contributed by atoms with E-state index in [2.05, 4.69) is 14.8 Å². The van der Waals surface area contributed by atoms with Crippen LogP contribution in [0.5, 0.6) is 5.75 Å². The first-order valence-electron chi connectivity index (χ1n) is 11.6. The molecule has 38 heavy (non-hydrogen) atoms. The van der Waals surface area contributed by atoms with Gasteiger partial charge in [0.2, 0.25) is 6.23 Å². The van der Waals surface area contributed by atoms with Crippen molar-refractivity contribution in [1.29, 1.82) is 0 Å². The molecule has 0 radical (unpaired) electrons. The summed E-state index contributed by atoms with van der Waals surface area (Å²) in [6.45, 7) is 4.48. The van der Waals surface area contributed by atoms with Crippen LogP contribution in [-0.2, 0) is 30.5 Å². The minimum absolute atomic E-state index is 0.0789. The van der Waals surface area contributed by atoms with E-state index in [1.807, 2.05) is 0 Å². The van der Waals surface area contributed by atoms with Gasteiger partial charge >= 0.3 is 11.9 Å². The Labute approximate surface area is 230 Å². The van der Waals surface area contributed by atoms with Crippen LogP contribution in [0.2, 0.25) is 0 Å². The number of hydrogen-bond donors (Lipinski definition) is 0. The fraction of sp³-hybridized carbons (Fsp3) is 0.346. The minimum atomic E-state index is -1.42. The fourth-order valence-electron chi connectivity index (χ4n) is 4.46. The average Bonchev–Trinajstić information content (AvgIpc) is 3.15. The van der Waals surface area contributed by atoms with Gasteiger partial charge in [-0.15, -0.1) is 0 Å². The van der Waals surface area contributed by atoms with Crippen LogP contribution < -0.4 is 4.74 Å². The molecule has 2 aliphatic rings. The summed E-state index contributed by atoms with van der Waals surface area (Å²) >= 11 is 3.31. The Morgan fingerprint density at radius 1 is 1.03 bits per heavy atom. The van der Waals surface area contributed by atoms with Crippen molar-refractivity contribution in [3.8, 4) is 5.75 Å². The molecule has 0 spiro atoms. The molecule has 2 aliphatic heterocycles. The first-order valence-corrected chi connectivity index (χ1v) is 14.2. The lowest BCUT2D eigenvalue weighted by Gasteiger charge is -2.53. The molecule has 0 N–H and O–H groups in total. The second kappa shape index (κ2) is 10.8. The number of ether oxygens (including phenoxy) is 3. The van der Waals surface area contributed by atoms with Crippen LogP contribution in [0.15, 0.2) is 48.5 Å². The molecule has 0 aromatic heterocycles. The molecule has 4 rings (SSSR count). The van der Waals surface area contributed by atoms with Gasteiger partial charge < -0.3 is 14.2 Å². The van der Waals surface area contributed by atoms with Crippen LogP contribution in [0.25, 0.3) is 0 Å². The average molecular weight is 605 g/mol. The van der Waals surface area contributed by atoms with Crippen molar-refractivity contribution in [3.63, 3.8) is 0 Å². The van der Waals surface area contributed by atoms with E-state index in [0.717, 1.165) is 26.9 Å². The predicted molar refractivity (Wildman–Crippen MR) is 140 cm³/mol. The molecule has 3 unspecified atom stereocenters. The summed E-state index contributed by atoms with van der Waals surface area (Å²) in [5.41, 5.74) is 0.992. The third kappa shape index (κ3) is 4.90. The Morgan fingerprint density at radius 3 is 2.11 bits per heavy atom. The number of likely N-dealkylation sites (tertiary alicyclic amines) is 1. The zero-order chi connectivity index (χ0) is 27.8. The van der Waals surface area contributed by atoms with E-state index < -0.39 is 52.7 Å². The van der Waals surface area contributed by atoms with Crippen LogP contribution in [0.1, 0.15) is 47.1 Å². The van der Waals surface area contributed by atoms with Crippen molar-refractivity contribution in [2.75, 3.05) is 7.11 Å². The minimum Gasteiger partial charge on any atom is -0.497 e. The second-order valence-corrected chi connectivity index (χ2v) is 11.4. The van der Waals surface area contributed by atoms with Gasteiger partial charge in [-0.25, -0.2) is 4.79 Å². The quantitative estimate of drug-likeness (QED) is 0.241. The Morgan fingerprint density at radius 2 is 1.61 bits per heavy atom. The number of carbonyl (C=O) groups is 5. The highest BCUT2D eigenvalue weighted by molar-refractivity contribution is 9.50. The van der Waals surface area contributed by atoms with E-state index >= 15 is 0 Å². The largest absolute Gasteiger partial charge is 0.497 e. The number of methoxy groups -OCH3 is 1. The first-order chi connectivity index (χ1) is 18.0. The van der Waals surface area contributed by atoms with E-state index in [9.17, 15) is 24.0 Å². The highest BCUT2D eigenvalue weighted by Crippen LogP contribution is 2.42. The molecule has 0 aliphatic carbocycles. The molecule has 0 saturated carbocycles. The second-order valence-electron chi connectivity index (χ2n) is 9.26. The van der Waals surface area contributed by atoms with Gasteiger partial charge in [-0.3, -0.25) is 29.0 Å². The third-order valence-corrected chi connectivity index (χ3v) is 9.47. The number of β-lactam (4-membered cyclic amide) rings is 1. The summed E-state index contributed by atoms with van der Waals surface area (Å²) in [7, 11) is 2.67. The number of rotatable bonds is 9. The van der Waals surface area contributed by atoms with Crippen LogP contribution >= 0.6 is 25.0 Å². The van der Waals surface area contributed by atoms with Crippen molar-refractivity contribution in [2.24, 2.45) is 0 Å². The third-order valence-electron chi connectivity index (χ3n) is 6.34. The summed E-state index contributed by atoms with van der Waals surface area (Å²) < 4.78 is 15.2. The maximum atomic E-state index is 13.6. The summed E-state index contributed by atoms with van der Waals surface area (Å²) in [5.74, 6) is -2.91. The van der Waals surface area contributed by atoms with Crippen molar-refractivity contribution in [1.82, 2.24) is 9.80 Å². The summed E-state index contributed by atoms with van der Waals surface area (Å²) in [5, 5.41) is 0. The Balaban J connectivity index is 1.62. The van der Waals surface area contributed by atoms with Gasteiger partial charge in [-0.1, -0.05) is 34.5 Å². The lowest BCUT2D eigenvalue weighted by atomic mass is 9.92. The molecule has 2 aromatic carbocycles. The first kappa shape index (κ1) is 27.6. The van der Waals surface area contributed by atoms with Crippen LogP contribution in [0.3, 0.4) is 0 Å². The number of benzene rings is 2. The molecule has 12 heteroatoms. The molecule has 10 nitrogen and oxygen atoms in total. The maximum Gasteiger partial charge on any atom is 0.330 e. The zero-order valence-electron chi connectivity index (χ0n) is 21.0. The SMILES string of the molecule is COc1ccc(COC(=O)C(N2C(=O)C(N3C(=O)c4ccccc4C3=O)C2OC(C)=O)C(C)(C)SBr)cc1. The van der Waals surface area contributed by atoms with Crippen LogP contribution in [0.4, 0.5) is 0 Å². The van der Waals surface area contributed by atoms with Crippen molar-refractivity contribution in [2.45, 2.75) is 50.4 Å².